The minimum Gasteiger partial charge on any atom is -0.352 e. The fourth-order valence-electron chi connectivity index (χ4n) is 3.56. The molecule has 0 bridgehead atoms. The predicted octanol–water partition coefficient (Wildman–Crippen LogP) is 3.02. The normalized spacial score (nSPS) is 13.4. The van der Waals surface area contributed by atoms with E-state index in [0.29, 0.717) is 5.56 Å². The van der Waals surface area contributed by atoms with E-state index in [1.165, 1.54) is 5.56 Å². The number of aryl methyl sites for hydroxylation is 3. The van der Waals surface area contributed by atoms with Gasteiger partial charge in [0.05, 0.1) is 23.1 Å². The number of aromatic nitrogens is 4. The largest absolute Gasteiger partial charge is 0.352 e. The molecule has 0 amide bonds. The van der Waals surface area contributed by atoms with Crippen molar-refractivity contribution >= 4 is 5.82 Å². The van der Waals surface area contributed by atoms with Crippen LogP contribution in [0.15, 0.2) is 30.6 Å². The predicted molar refractivity (Wildman–Crippen MR) is 99.3 cm³/mol. The number of pyridine rings is 2. The zero-order chi connectivity index (χ0) is 18.3. The molecule has 1 aliphatic heterocycles. The van der Waals surface area contributed by atoms with E-state index in [9.17, 15) is 0 Å². The van der Waals surface area contributed by atoms with Crippen LogP contribution >= 0.6 is 0 Å². The Morgan fingerprint density at radius 2 is 1.92 bits per heavy atom. The third kappa shape index (κ3) is 2.82. The summed E-state index contributed by atoms with van der Waals surface area (Å²) in [6.07, 6.45) is 4.43. The zero-order valence-electron chi connectivity index (χ0n) is 15.2. The van der Waals surface area contributed by atoms with Crippen LogP contribution in [0.3, 0.4) is 0 Å². The van der Waals surface area contributed by atoms with Gasteiger partial charge in [0.1, 0.15) is 11.9 Å². The summed E-state index contributed by atoms with van der Waals surface area (Å²) in [6, 6.07) is 8.28. The van der Waals surface area contributed by atoms with Crippen molar-refractivity contribution in [3.8, 4) is 11.8 Å². The first kappa shape index (κ1) is 16.3. The van der Waals surface area contributed by atoms with Gasteiger partial charge in [0.25, 0.3) is 0 Å². The third-order valence-electron chi connectivity index (χ3n) is 4.76. The van der Waals surface area contributed by atoms with Gasteiger partial charge in [0.15, 0.2) is 0 Å². The highest BCUT2D eigenvalue weighted by Gasteiger charge is 2.21. The molecular weight excluding hydrogens is 324 g/mol. The summed E-state index contributed by atoms with van der Waals surface area (Å²) in [5, 5.41) is 13.6. The Kier molecular flexibility index (Phi) is 3.92. The Bertz CT molecular complexity index is 1030. The van der Waals surface area contributed by atoms with Gasteiger partial charge in [-0.15, -0.1) is 0 Å². The van der Waals surface area contributed by atoms with Crippen molar-refractivity contribution in [2.45, 2.75) is 33.7 Å². The number of rotatable bonds is 2. The molecule has 4 heterocycles. The topological polar surface area (TPSA) is 70.6 Å². The van der Waals surface area contributed by atoms with E-state index >= 15 is 0 Å². The monoisotopic (exact) mass is 344 g/mol. The molecule has 6 heteroatoms. The Morgan fingerprint density at radius 1 is 1.08 bits per heavy atom. The lowest BCUT2D eigenvalue weighted by atomic mass is 10.0. The summed E-state index contributed by atoms with van der Waals surface area (Å²) in [7, 11) is 0. The van der Waals surface area contributed by atoms with Gasteiger partial charge in [-0.2, -0.15) is 10.4 Å². The number of nitrogens with zero attached hydrogens (tertiary/aromatic N) is 6. The molecule has 0 radical (unpaired) electrons. The molecule has 3 aromatic heterocycles. The molecule has 130 valence electrons. The number of nitriles is 1. The zero-order valence-corrected chi connectivity index (χ0v) is 15.2. The van der Waals surface area contributed by atoms with E-state index in [-0.39, 0.29) is 0 Å². The van der Waals surface area contributed by atoms with Crippen molar-refractivity contribution in [1.82, 2.24) is 19.7 Å². The number of anilines is 1. The van der Waals surface area contributed by atoms with Gasteiger partial charge >= 0.3 is 0 Å². The summed E-state index contributed by atoms with van der Waals surface area (Å²) >= 11 is 0. The van der Waals surface area contributed by atoms with Crippen molar-refractivity contribution in [3.63, 3.8) is 0 Å². The van der Waals surface area contributed by atoms with Crippen molar-refractivity contribution in [1.29, 1.82) is 5.26 Å². The summed E-state index contributed by atoms with van der Waals surface area (Å²) in [5.74, 6) is 0.936. The minimum atomic E-state index is 0.595. The van der Waals surface area contributed by atoms with E-state index in [2.05, 4.69) is 45.1 Å². The maximum Gasteiger partial charge on any atom is 0.131 e. The molecule has 0 atom stereocenters. The third-order valence-corrected chi connectivity index (χ3v) is 4.76. The van der Waals surface area contributed by atoms with E-state index in [1.807, 2.05) is 30.8 Å². The average molecular weight is 344 g/mol. The summed E-state index contributed by atoms with van der Waals surface area (Å²) < 4.78 is 1.94. The molecule has 0 aromatic carbocycles. The molecule has 0 spiro atoms. The minimum absolute atomic E-state index is 0.595. The van der Waals surface area contributed by atoms with Crippen LogP contribution in [0, 0.1) is 32.1 Å². The summed E-state index contributed by atoms with van der Waals surface area (Å²) in [4.78, 5) is 11.4. The molecule has 6 nitrogen and oxygen atoms in total. The van der Waals surface area contributed by atoms with E-state index in [4.69, 9.17) is 5.26 Å². The first-order chi connectivity index (χ1) is 12.5. The van der Waals surface area contributed by atoms with Gasteiger partial charge in [-0.25, -0.2) is 9.67 Å². The van der Waals surface area contributed by atoms with Crippen LogP contribution in [-0.4, -0.2) is 26.3 Å². The van der Waals surface area contributed by atoms with Gasteiger partial charge in [-0.3, -0.25) is 4.98 Å². The lowest BCUT2D eigenvalue weighted by molar-refractivity contribution is 0.696. The lowest BCUT2D eigenvalue weighted by Crippen LogP contribution is -2.32. The molecule has 0 aliphatic carbocycles. The van der Waals surface area contributed by atoms with Crippen LogP contribution < -0.4 is 4.90 Å². The highest BCUT2D eigenvalue weighted by molar-refractivity contribution is 5.52. The SMILES string of the molecule is Cc1cc(C)n(-c2cnc3c(c2)CN(c2ncc(C#N)cc2C)CC3)n1. The van der Waals surface area contributed by atoms with Crippen LogP contribution in [0.4, 0.5) is 5.82 Å². The average Bonchev–Trinajstić information content (AvgIpc) is 2.99. The fraction of sp³-hybridized carbons (Fsp3) is 0.300. The second-order valence-electron chi connectivity index (χ2n) is 6.79. The van der Waals surface area contributed by atoms with Crippen LogP contribution in [0.1, 0.15) is 33.8 Å². The van der Waals surface area contributed by atoms with Crippen LogP contribution in [0.25, 0.3) is 5.69 Å². The quantitative estimate of drug-likeness (QED) is 0.715. The standard InChI is InChI=1S/C20H20N6/c1-13-6-16(9-21)10-23-20(13)25-5-4-19-17(12-25)8-18(11-22-19)26-15(3)7-14(2)24-26/h6-8,10-11H,4-5,12H2,1-3H3. The fourth-order valence-corrected chi connectivity index (χ4v) is 3.56. The summed E-state index contributed by atoms with van der Waals surface area (Å²) in [6.45, 7) is 7.68. The highest BCUT2D eigenvalue weighted by Crippen LogP contribution is 2.26. The molecular formula is C20H20N6. The maximum atomic E-state index is 9.04. The van der Waals surface area contributed by atoms with Crippen LogP contribution in [0.2, 0.25) is 0 Å². The number of hydrogen-bond acceptors (Lipinski definition) is 5. The van der Waals surface area contributed by atoms with E-state index in [1.54, 1.807) is 6.20 Å². The summed E-state index contributed by atoms with van der Waals surface area (Å²) in [5.41, 5.74) is 7.04. The van der Waals surface area contributed by atoms with Crippen LogP contribution in [0.5, 0.6) is 0 Å². The van der Waals surface area contributed by atoms with Crippen molar-refractivity contribution < 1.29 is 0 Å². The van der Waals surface area contributed by atoms with E-state index in [0.717, 1.165) is 53.7 Å². The number of hydrogen-bond donors (Lipinski definition) is 0. The molecule has 0 saturated carbocycles. The van der Waals surface area contributed by atoms with Crippen LogP contribution in [-0.2, 0) is 13.0 Å². The van der Waals surface area contributed by atoms with Gasteiger partial charge in [-0.1, -0.05) is 0 Å². The smallest absolute Gasteiger partial charge is 0.131 e. The Labute approximate surface area is 152 Å². The van der Waals surface area contributed by atoms with Crippen molar-refractivity contribution in [2.75, 3.05) is 11.4 Å². The first-order valence-corrected chi connectivity index (χ1v) is 8.68. The molecule has 3 aromatic rings. The maximum absolute atomic E-state index is 9.04. The number of fused-ring (bicyclic) bond motifs is 1. The van der Waals surface area contributed by atoms with E-state index < -0.39 is 0 Å². The Morgan fingerprint density at radius 3 is 2.62 bits per heavy atom. The molecule has 0 fully saturated rings. The molecule has 26 heavy (non-hydrogen) atoms. The van der Waals surface area contributed by atoms with Gasteiger partial charge in [0.2, 0.25) is 0 Å². The van der Waals surface area contributed by atoms with Crippen molar-refractivity contribution in [3.05, 3.63) is 64.4 Å². The molecule has 0 unspecified atom stereocenters. The van der Waals surface area contributed by atoms with Crippen molar-refractivity contribution in [2.24, 2.45) is 0 Å². The molecule has 4 rings (SSSR count). The van der Waals surface area contributed by atoms with Gasteiger partial charge in [-0.05, 0) is 50.1 Å². The second kappa shape index (κ2) is 6.26. The Hall–Kier alpha value is -3.20. The second-order valence-corrected chi connectivity index (χ2v) is 6.79. The Balaban J connectivity index is 1.67. The first-order valence-electron chi connectivity index (χ1n) is 8.68. The van der Waals surface area contributed by atoms with Gasteiger partial charge in [0, 0.05) is 37.1 Å². The molecule has 0 N–H and O–H groups in total. The lowest BCUT2D eigenvalue weighted by Gasteiger charge is -2.30. The molecule has 1 aliphatic rings. The van der Waals surface area contributed by atoms with Gasteiger partial charge < -0.3 is 4.90 Å². The highest BCUT2D eigenvalue weighted by atomic mass is 15.3. The molecule has 0 saturated heterocycles.